The van der Waals surface area contributed by atoms with Crippen LogP contribution in [0.1, 0.15) is 30.6 Å². The van der Waals surface area contributed by atoms with Crippen LogP contribution in [0, 0.1) is 5.82 Å². The predicted octanol–water partition coefficient (Wildman–Crippen LogP) is 2.74. The molecule has 2 amide bonds. The molecule has 3 rings (SSSR count). The SMILES string of the molecule is CCCn1nnc2cc(C(=O)N[C@@H](C)C(=O)Nc3ccc(F)cc3)ccc21. The lowest BCUT2D eigenvalue weighted by Gasteiger charge is -2.14. The molecule has 2 aromatic carbocycles. The second-order valence-electron chi connectivity index (χ2n) is 6.21. The number of nitrogens with one attached hydrogen (secondary N) is 2. The highest BCUT2D eigenvalue weighted by molar-refractivity contribution is 6.02. The number of amides is 2. The Labute approximate surface area is 155 Å². The molecule has 0 aliphatic heterocycles. The summed E-state index contributed by atoms with van der Waals surface area (Å²) in [6.07, 6.45) is 0.932. The minimum Gasteiger partial charge on any atom is -0.341 e. The number of carbonyl (C=O) groups is 2. The molecule has 0 radical (unpaired) electrons. The zero-order chi connectivity index (χ0) is 19.4. The third-order valence-corrected chi connectivity index (χ3v) is 4.06. The van der Waals surface area contributed by atoms with Crippen LogP contribution >= 0.6 is 0 Å². The second kappa shape index (κ2) is 7.94. The lowest BCUT2D eigenvalue weighted by atomic mass is 10.1. The van der Waals surface area contributed by atoms with E-state index in [2.05, 4.69) is 20.9 Å². The Hall–Kier alpha value is -3.29. The monoisotopic (exact) mass is 369 g/mol. The van der Waals surface area contributed by atoms with Crippen molar-refractivity contribution in [2.24, 2.45) is 0 Å². The van der Waals surface area contributed by atoms with E-state index < -0.39 is 11.9 Å². The van der Waals surface area contributed by atoms with E-state index in [1.807, 2.05) is 6.92 Å². The van der Waals surface area contributed by atoms with E-state index in [0.29, 0.717) is 16.8 Å². The van der Waals surface area contributed by atoms with Gasteiger partial charge in [0, 0.05) is 17.8 Å². The predicted molar refractivity (Wildman–Crippen MR) is 99.8 cm³/mol. The first kappa shape index (κ1) is 18.5. The van der Waals surface area contributed by atoms with Crippen molar-refractivity contribution in [1.29, 1.82) is 0 Å². The Bertz CT molecular complexity index is 968. The smallest absolute Gasteiger partial charge is 0.251 e. The lowest BCUT2D eigenvalue weighted by Crippen LogP contribution is -2.41. The molecule has 3 aromatic rings. The summed E-state index contributed by atoms with van der Waals surface area (Å²) in [5.74, 6) is -1.17. The second-order valence-corrected chi connectivity index (χ2v) is 6.21. The van der Waals surface area contributed by atoms with Crippen LogP contribution in [-0.4, -0.2) is 32.9 Å². The average molecular weight is 369 g/mol. The fourth-order valence-corrected chi connectivity index (χ4v) is 2.62. The van der Waals surface area contributed by atoms with Crippen molar-refractivity contribution in [2.75, 3.05) is 5.32 Å². The third kappa shape index (κ3) is 4.28. The number of carbonyl (C=O) groups excluding carboxylic acids is 2. The van der Waals surface area contributed by atoms with Crippen LogP contribution in [-0.2, 0) is 11.3 Å². The van der Waals surface area contributed by atoms with Crippen LogP contribution in [0.3, 0.4) is 0 Å². The fraction of sp³-hybridized carbons (Fsp3) is 0.263. The Kier molecular flexibility index (Phi) is 5.44. The highest BCUT2D eigenvalue weighted by atomic mass is 19.1. The van der Waals surface area contributed by atoms with E-state index in [1.54, 1.807) is 29.8 Å². The normalized spacial score (nSPS) is 12.0. The largest absolute Gasteiger partial charge is 0.341 e. The van der Waals surface area contributed by atoms with E-state index in [0.717, 1.165) is 18.5 Å². The maximum Gasteiger partial charge on any atom is 0.251 e. The van der Waals surface area contributed by atoms with Crippen molar-refractivity contribution < 1.29 is 14.0 Å². The standard InChI is InChI=1S/C19H20FN5O2/c1-3-10-25-17-9-4-13(11-16(17)23-24-25)19(27)21-12(2)18(26)22-15-7-5-14(20)6-8-15/h4-9,11-12H,3,10H2,1-2H3,(H,21,27)(H,22,26)/t12-/m0/s1. The first-order chi connectivity index (χ1) is 13.0. The highest BCUT2D eigenvalue weighted by Gasteiger charge is 2.18. The highest BCUT2D eigenvalue weighted by Crippen LogP contribution is 2.14. The van der Waals surface area contributed by atoms with Gasteiger partial charge >= 0.3 is 0 Å². The molecule has 0 saturated carbocycles. The van der Waals surface area contributed by atoms with E-state index in [1.165, 1.54) is 24.3 Å². The summed E-state index contributed by atoms with van der Waals surface area (Å²) in [6.45, 7) is 4.38. The van der Waals surface area contributed by atoms with Crippen molar-refractivity contribution in [3.05, 3.63) is 53.8 Å². The van der Waals surface area contributed by atoms with E-state index in [-0.39, 0.29) is 11.7 Å². The van der Waals surface area contributed by atoms with Gasteiger partial charge in [-0.15, -0.1) is 5.10 Å². The molecular weight excluding hydrogens is 349 g/mol. The Morgan fingerprint density at radius 2 is 1.93 bits per heavy atom. The van der Waals surface area contributed by atoms with Crippen LogP contribution in [0.15, 0.2) is 42.5 Å². The molecule has 1 heterocycles. The van der Waals surface area contributed by atoms with Gasteiger partial charge in [-0.2, -0.15) is 0 Å². The minimum atomic E-state index is -0.769. The number of halogens is 1. The molecule has 0 unspecified atom stereocenters. The molecule has 27 heavy (non-hydrogen) atoms. The summed E-state index contributed by atoms with van der Waals surface area (Å²) < 4.78 is 14.7. The summed E-state index contributed by atoms with van der Waals surface area (Å²) >= 11 is 0. The van der Waals surface area contributed by atoms with Crippen LogP contribution in [0.4, 0.5) is 10.1 Å². The number of hydrogen-bond donors (Lipinski definition) is 2. The summed E-state index contributed by atoms with van der Waals surface area (Å²) in [6, 6.07) is 9.76. The molecule has 1 atom stereocenters. The Balaban J connectivity index is 1.66. The molecule has 0 bridgehead atoms. The number of anilines is 1. The van der Waals surface area contributed by atoms with E-state index in [9.17, 15) is 14.0 Å². The van der Waals surface area contributed by atoms with Gasteiger partial charge in [0.2, 0.25) is 5.91 Å². The molecule has 0 aliphatic rings. The summed E-state index contributed by atoms with van der Waals surface area (Å²) in [4.78, 5) is 24.6. The van der Waals surface area contributed by atoms with Crippen molar-refractivity contribution in [3.63, 3.8) is 0 Å². The summed E-state index contributed by atoms with van der Waals surface area (Å²) in [7, 11) is 0. The fourth-order valence-electron chi connectivity index (χ4n) is 2.62. The maximum atomic E-state index is 12.9. The van der Waals surface area contributed by atoms with Gasteiger partial charge in [-0.05, 0) is 55.8 Å². The van der Waals surface area contributed by atoms with E-state index in [4.69, 9.17) is 0 Å². The molecule has 0 fully saturated rings. The molecule has 140 valence electrons. The number of rotatable bonds is 6. The third-order valence-electron chi connectivity index (χ3n) is 4.06. The van der Waals surface area contributed by atoms with Gasteiger partial charge < -0.3 is 10.6 Å². The van der Waals surface area contributed by atoms with Crippen molar-refractivity contribution in [3.8, 4) is 0 Å². The molecular formula is C19H20FN5O2. The van der Waals surface area contributed by atoms with Crippen LogP contribution in [0.2, 0.25) is 0 Å². The Morgan fingerprint density at radius 3 is 2.63 bits per heavy atom. The topological polar surface area (TPSA) is 88.9 Å². The average Bonchev–Trinajstić information content (AvgIpc) is 3.06. The van der Waals surface area contributed by atoms with Gasteiger partial charge in [-0.1, -0.05) is 12.1 Å². The first-order valence-corrected chi connectivity index (χ1v) is 8.68. The number of fused-ring (bicyclic) bond motifs is 1. The zero-order valence-electron chi connectivity index (χ0n) is 15.1. The van der Waals surface area contributed by atoms with Gasteiger partial charge in [-0.25, -0.2) is 9.07 Å². The van der Waals surface area contributed by atoms with Crippen LogP contribution in [0.5, 0.6) is 0 Å². The number of nitrogens with zero attached hydrogens (tertiary/aromatic N) is 3. The van der Waals surface area contributed by atoms with Gasteiger partial charge in [0.1, 0.15) is 17.4 Å². The number of hydrogen-bond acceptors (Lipinski definition) is 4. The molecule has 0 aliphatic carbocycles. The molecule has 0 spiro atoms. The maximum absolute atomic E-state index is 12.9. The quantitative estimate of drug-likeness (QED) is 0.699. The van der Waals surface area contributed by atoms with Gasteiger partial charge in [0.05, 0.1) is 5.52 Å². The number of benzene rings is 2. The van der Waals surface area contributed by atoms with Gasteiger partial charge in [0.25, 0.3) is 5.91 Å². The van der Waals surface area contributed by atoms with E-state index >= 15 is 0 Å². The number of aromatic nitrogens is 3. The zero-order valence-corrected chi connectivity index (χ0v) is 15.1. The minimum absolute atomic E-state index is 0.385. The van der Waals surface area contributed by atoms with Crippen LogP contribution in [0.25, 0.3) is 11.0 Å². The summed E-state index contributed by atoms with van der Waals surface area (Å²) in [5.41, 5.74) is 2.33. The van der Waals surface area contributed by atoms with Crippen molar-refractivity contribution in [2.45, 2.75) is 32.9 Å². The molecule has 2 N–H and O–H groups in total. The molecule has 0 saturated heterocycles. The summed E-state index contributed by atoms with van der Waals surface area (Å²) in [5, 5.41) is 13.4. The Morgan fingerprint density at radius 1 is 1.19 bits per heavy atom. The molecule has 1 aromatic heterocycles. The van der Waals surface area contributed by atoms with Gasteiger partial charge in [0.15, 0.2) is 0 Å². The first-order valence-electron chi connectivity index (χ1n) is 8.68. The molecule has 8 heteroatoms. The van der Waals surface area contributed by atoms with Crippen LogP contribution < -0.4 is 10.6 Å². The van der Waals surface area contributed by atoms with Gasteiger partial charge in [-0.3, -0.25) is 9.59 Å². The van der Waals surface area contributed by atoms with Crippen molar-refractivity contribution >= 4 is 28.5 Å². The number of aryl methyl sites for hydroxylation is 1. The molecule has 7 nitrogen and oxygen atoms in total. The lowest BCUT2D eigenvalue weighted by molar-refractivity contribution is -0.117. The van der Waals surface area contributed by atoms with Crippen molar-refractivity contribution in [1.82, 2.24) is 20.3 Å².